The second-order valence-corrected chi connectivity index (χ2v) is 6.59. The minimum atomic E-state index is -1.26. The van der Waals surface area contributed by atoms with Crippen LogP contribution in [-0.4, -0.2) is 31.0 Å². The molecule has 0 aromatic carbocycles. The zero-order valence-corrected chi connectivity index (χ0v) is 18.2. The number of hydrogen-bond acceptors (Lipinski definition) is 4. The molecule has 0 aliphatic carbocycles. The van der Waals surface area contributed by atoms with Gasteiger partial charge in [-0.15, -0.1) is 0 Å². The molecular formula is C18H35N2NaO3. The molecule has 2 N–H and O–H groups in total. The Hall–Kier alpha value is -0.100. The monoisotopic (exact) mass is 350 g/mol. The maximum absolute atomic E-state index is 11.9. The molecule has 0 aromatic rings. The number of amides is 1. The van der Waals surface area contributed by atoms with Crippen LogP contribution in [-0.2, 0) is 9.59 Å². The molecule has 24 heavy (non-hydrogen) atoms. The third-order valence-corrected chi connectivity index (χ3v) is 4.00. The van der Waals surface area contributed by atoms with Crippen molar-refractivity contribution in [2.45, 2.75) is 84.6 Å². The zero-order valence-electron chi connectivity index (χ0n) is 16.2. The van der Waals surface area contributed by atoms with E-state index in [-0.39, 0.29) is 47.4 Å². The van der Waals surface area contributed by atoms with Crippen LogP contribution in [0.15, 0.2) is 0 Å². The fourth-order valence-corrected chi connectivity index (χ4v) is 2.59. The van der Waals surface area contributed by atoms with E-state index in [0.717, 1.165) is 13.0 Å². The normalized spacial score (nSPS) is 11.8. The molecule has 1 atom stereocenters. The standard InChI is InChI=1S/C18H36N2O3.Na/c1-4-5-6-7-8-9-10-11-12-13-19-17(15(2)3)18(23)20-14-16(21)22;/h15,17,19H,4-14H2,1-3H3,(H,20,23)(H,21,22);/q;+1/p-1/t17-;/m0./s1. The summed E-state index contributed by atoms with van der Waals surface area (Å²) in [6.07, 6.45) is 11.4. The summed E-state index contributed by atoms with van der Waals surface area (Å²) in [5.41, 5.74) is 0. The molecule has 0 aromatic heterocycles. The molecule has 6 heteroatoms. The Morgan fingerprint density at radius 1 is 0.917 bits per heavy atom. The first-order valence-electron chi connectivity index (χ1n) is 9.20. The van der Waals surface area contributed by atoms with E-state index in [1.54, 1.807) is 0 Å². The van der Waals surface area contributed by atoms with E-state index >= 15 is 0 Å². The van der Waals surface area contributed by atoms with Crippen molar-refractivity contribution in [3.05, 3.63) is 0 Å². The van der Waals surface area contributed by atoms with E-state index in [1.165, 1.54) is 51.4 Å². The van der Waals surface area contributed by atoms with Crippen LogP contribution in [0.5, 0.6) is 0 Å². The fraction of sp³-hybridized carbons (Fsp3) is 0.889. The quantitative estimate of drug-likeness (QED) is 0.293. The molecular weight excluding hydrogens is 315 g/mol. The van der Waals surface area contributed by atoms with Crippen molar-refractivity contribution in [1.29, 1.82) is 0 Å². The molecule has 0 bridgehead atoms. The summed E-state index contributed by atoms with van der Waals surface area (Å²) in [4.78, 5) is 22.3. The van der Waals surface area contributed by atoms with E-state index in [4.69, 9.17) is 0 Å². The fourth-order valence-electron chi connectivity index (χ4n) is 2.59. The molecule has 0 unspecified atom stereocenters. The number of unbranched alkanes of at least 4 members (excludes halogenated alkanes) is 8. The second-order valence-electron chi connectivity index (χ2n) is 6.59. The van der Waals surface area contributed by atoms with Crippen LogP contribution in [0.4, 0.5) is 0 Å². The molecule has 0 radical (unpaired) electrons. The summed E-state index contributed by atoms with van der Waals surface area (Å²) in [5, 5.41) is 16.0. The molecule has 0 saturated heterocycles. The Morgan fingerprint density at radius 3 is 1.88 bits per heavy atom. The van der Waals surface area contributed by atoms with E-state index in [1.807, 2.05) is 13.8 Å². The smallest absolute Gasteiger partial charge is 0.548 e. The summed E-state index contributed by atoms with van der Waals surface area (Å²) in [6.45, 7) is 6.49. The van der Waals surface area contributed by atoms with Gasteiger partial charge in [0.2, 0.25) is 5.91 Å². The van der Waals surface area contributed by atoms with Gasteiger partial charge in [-0.05, 0) is 18.9 Å². The Labute approximate surface area is 170 Å². The minimum absolute atomic E-state index is 0. The summed E-state index contributed by atoms with van der Waals surface area (Å²) in [6, 6.07) is -0.344. The van der Waals surface area contributed by atoms with Gasteiger partial charge in [0.05, 0.1) is 18.6 Å². The largest absolute Gasteiger partial charge is 1.00 e. The van der Waals surface area contributed by atoms with Crippen molar-refractivity contribution in [1.82, 2.24) is 10.6 Å². The predicted octanol–water partition coefficient (Wildman–Crippen LogP) is -0.998. The molecule has 0 aliphatic rings. The first-order chi connectivity index (χ1) is 11.0. The number of hydrogen-bond donors (Lipinski definition) is 2. The van der Waals surface area contributed by atoms with Gasteiger partial charge in [-0.1, -0.05) is 72.1 Å². The van der Waals surface area contributed by atoms with E-state index in [2.05, 4.69) is 17.6 Å². The first-order valence-corrected chi connectivity index (χ1v) is 9.20. The second kappa shape index (κ2) is 17.7. The maximum Gasteiger partial charge on any atom is 1.00 e. The maximum atomic E-state index is 11.9. The number of carboxylic acid groups (broad SMARTS) is 1. The van der Waals surface area contributed by atoms with Crippen LogP contribution < -0.4 is 45.3 Å². The topological polar surface area (TPSA) is 81.3 Å². The number of carboxylic acids is 1. The molecule has 0 aliphatic heterocycles. The van der Waals surface area contributed by atoms with Gasteiger partial charge in [-0.3, -0.25) is 4.79 Å². The van der Waals surface area contributed by atoms with Crippen LogP contribution in [0, 0.1) is 5.92 Å². The van der Waals surface area contributed by atoms with Crippen molar-refractivity contribution in [3.63, 3.8) is 0 Å². The summed E-state index contributed by atoms with van der Waals surface area (Å²) in [5.74, 6) is -1.41. The van der Waals surface area contributed by atoms with Gasteiger partial charge in [0.15, 0.2) is 0 Å². The molecule has 5 nitrogen and oxygen atoms in total. The molecule has 0 heterocycles. The van der Waals surface area contributed by atoms with Crippen LogP contribution in [0.2, 0.25) is 0 Å². The average Bonchev–Trinajstić information content (AvgIpc) is 2.50. The van der Waals surface area contributed by atoms with Crippen molar-refractivity contribution in [3.8, 4) is 0 Å². The van der Waals surface area contributed by atoms with E-state index in [9.17, 15) is 14.7 Å². The predicted molar refractivity (Wildman–Crippen MR) is 91.9 cm³/mol. The van der Waals surface area contributed by atoms with Gasteiger partial charge in [-0.25, -0.2) is 0 Å². The summed E-state index contributed by atoms with van der Waals surface area (Å²) in [7, 11) is 0. The molecule has 0 spiro atoms. The zero-order chi connectivity index (χ0) is 17.5. The van der Waals surface area contributed by atoms with E-state index in [0.29, 0.717) is 0 Å². The van der Waals surface area contributed by atoms with Gasteiger partial charge in [-0.2, -0.15) is 0 Å². The van der Waals surface area contributed by atoms with Crippen LogP contribution >= 0.6 is 0 Å². The number of aliphatic carboxylic acids is 1. The Kier molecular flexibility index (Phi) is 19.3. The molecule has 136 valence electrons. The summed E-state index contributed by atoms with van der Waals surface area (Å²) < 4.78 is 0. The number of carbonyl (C=O) groups excluding carboxylic acids is 2. The molecule has 0 saturated carbocycles. The minimum Gasteiger partial charge on any atom is -0.548 e. The van der Waals surface area contributed by atoms with Crippen LogP contribution in [0.25, 0.3) is 0 Å². The summed E-state index contributed by atoms with van der Waals surface area (Å²) >= 11 is 0. The van der Waals surface area contributed by atoms with Crippen molar-refractivity contribution in [2.75, 3.05) is 13.1 Å². The van der Waals surface area contributed by atoms with Crippen molar-refractivity contribution < 1.29 is 44.3 Å². The first kappa shape index (κ1) is 26.1. The molecule has 0 fully saturated rings. The molecule has 1 amide bonds. The van der Waals surface area contributed by atoms with Gasteiger partial charge in [0, 0.05) is 0 Å². The van der Waals surface area contributed by atoms with Gasteiger partial charge >= 0.3 is 29.6 Å². The number of nitrogens with one attached hydrogen (secondary N) is 2. The van der Waals surface area contributed by atoms with Gasteiger partial charge in [0.25, 0.3) is 0 Å². The van der Waals surface area contributed by atoms with E-state index < -0.39 is 12.5 Å². The molecule has 0 rings (SSSR count). The van der Waals surface area contributed by atoms with Gasteiger partial charge in [0.1, 0.15) is 0 Å². The van der Waals surface area contributed by atoms with Crippen molar-refractivity contribution in [2.24, 2.45) is 5.92 Å². The number of carbonyl (C=O) groups is 2. The number of rotatable bonds is 15. The van der Waals surface area contributed by atoms with Crippen molar-refractivity contribution >= 4 is 11.9 Å². The van der Waals surface area contributed by atoms with Crippen LogP contribution in [0.1, 0.15) is 78.6 Å². The Bertz CT molecular complexity index is 325. The SMILES string of the molecule is CCCCCCCCCCCN[C@H](C(=O)NCC(=O)[O-])C(C)C.[Na+]. The van der Waals surface area contributed by atoms with Gasteiger partial charge < -0.3 is 20.5 Å². The third kappa shape index (κ3) is 15.4. The Balaban J connectivity index is 0. The Morgan fingerprint density at radius 2 is 1.42 bits per heavy atom. The van der Waals surface area contributed by atoms with Crippen LogP contribution in [0.3, 0.4) is 0 Å². The average molecular weight is 350 g/mol. The third-order valence-electron chi connectivity index (χ3n) is 4.00.